The number of unbranched alkanes of at least 4 members (excludes halogenated alkanes) is 1. The van der Waals surface area contributed by atoms with Crippen LogP contribution < -0.4 is 10.6 Å². The molecule has 3 aliphatic heterocycles. The molecule has 3 saturated heterocycles. The van der Waals surface area contributed by atoms with E-state index in [4.69, 9.17) is 0 Å². The van der Waals surface area contributed by atoms with Gasteiger partial charge in [0, 0.05) is 17.5 Å². The van der Waals surface area contributed by atoms with Crippen LogP contribution >= 0.6 is 11.8 Å². The van der Waals surface area contributed by atoms with Crippen LogP contribution in [0.5, 0.6) is 0 Å². The smallest absolute Gasteiger partial charge is 0.244 e. The minimum Gasteiger partial charge on any atom is -0.394 e. The van der Waals surface area contributed by atoms with Gasteiger partial charge in [0.2, 0.25) is 17.7 Å². The minimum absolute atomic E-state index is 0.0000397. The van der Waals surface area contributed by atoms with Crippen molar-refractivity contribution in [3.8, 4) is 0 Å². The number of nitrogens with zero attached hydrogens (tertiary/aromatic N) is 1. The number of rotatable bonds is 9. The molecular formula is C25H35N3O4S. The zero-order chi connectivity index (χ0) is 23.8. The molecule has 0 aliphatic carbocycles. The molecule has 3 unspecified atom stereocenters. The summed E-state index contributed by atoms with van der Waals surface area (Å²) in [5.74, 6) is -1.43. The van der Waals surface area contributed by atoms with E-state index < -0.39 is 28.7 Å². The Labute approximate surface area is 200 Å². The molecule has 3 aliphatic rings. The van der Waals surface area contributed by atoms with E-state index in [0.29, 0.717) is 18.7 Å². The number of aliphatic hydroxyl groups excluding tert-OH is 1. The molecule has 7 atom stereocenters. The quantitative estimate of drug-likeness (QED) is 0.479. The highest BCUT2D eigenvalue weighted by Crippen LogP contribution is 2.68. The Kier molecular flexibility index (Phi) is 7.05. The lowest BCUT2D eigenvalue weighted by molar-refractivity contribution is -0.142. The molecule has 180 valence electrons. The minimum atomic E-state index is -0.677. The first kappa shape index (κ1) is 24.1. The predicted octanol–water partition coefficient (Wildman–Crippen LogP) is 2.65. The van der Waals surface area contributed by atoms with Gasteiger partial charge < -0.3 is 20.6 Å². The van der Waals surface area contributed by atoms with Crippen molar-refractivity contribution in [3.63, 3.8) is 0 Å². The van der Waals surface area contributed by atoms with Gasteiger partial charge in [-0.25, -0.2) is 0 Å². The zero-order valence-corrected chi connectivity index (χ0v) is 20.4. The standard InChI is InChI=1S/C25H35N3O4S/c1-4-6-12-26-23(31)21-25-15(3)13-18(33-25)19(22(30)27-16-10-8-7-9-11-16)20(25)24(32)28(21)17(5-2)14-29/h7-11,15,17-21,29H,4-6,12-14H2,1-3H3,(H,26,31)(H,27,30)/t15?,17-,18-,19+,20-,21?,25?/m0/s1. The third-order valence-electron chi connectivity index (χ3n) is 7.68. The van der Waals surface area contributed by atoms with E-state index in [1.165, 1.54) is 0 Å². The van der Waals surface area contributed by atoms with Crippen molar-refractivity contribution >= 4 is 35.2 Å². The summed E-state index contributed by atoms with van der Waals surface area (Å²) in [6, 6.07) is 8.17. The Morgan fingerprint density at radius 3 is 2.61 bits per heavy atom. The lowest BCUT2D eigenvalue weighted by Gasteiger charge is -2.40. The molecule has 0 radical (unpaired) electrons. The second-order valence-electron chi connectivity index (χ2n) is 9.54. The molecule has 2 bridgehead atoms. The fourth-order valence-electron chi connectivity index (χ4n) is 6.10. The summed E-state index contributed by atoms with van der Waals surface area (Å²) in [5, 5.41) is 16.1. The van der Waals surface area contributed by atoms with Gasteiger partial charge in [-0.3, -0.25) is 14.4 Å². The van der Waals surface area contributed by atoms with Crippen molar-refractivity contribution < 1.29 is 19.5 Å². The summed E-state index contributed by atoms with van der Waals surface area (Å²) in [5.41, 5.74) is 0.704. The maximum absolute atomic E-state index is 13.9. The Balaban J connectivity index is 1.70. The average molecular weight is 474 g/mol. The van der Waals surface area contributed by atoms with E-state index in [9.17, 15) is 19.5 Å². The topological polar surface area (TPSA) is 98.7 Å². The van der Waals surface area contributed by atoms with Gasteiger partial charge in [0.1, 0.15) is 6.04 Å². The number of hydrogen-bond donors (Lipinski definition) is 3. The second-order valence-corrected chi connectivity index (χ2v) is 11.1. The van der Waals surface area contributed by atoms with Crippen LogP contribution in [-0.2, 0) is 14.4 Å². The number of hydrogen-bond acceptors (Lipinski definition) is 5. The average Bonchev–Trinajstić information content (AvgIpc) is 3.40. The third-order valence-corrected chi connectivity index (χ3v) is 9.76. The Morgan fingerprint density at radius 1 is 1.24 bits per heavy atom. The lowest BCUT2D eigenvalue weighted by atomic mass is 9.66. The van der Waals surface area contributed by atoms with Crippen molar-refractivity contribution in [3.05, 3.63) is 30.3 Å². The summed E-state index contributed by atoms with van der Waals surface area (Å²) in [6.45, 7) is 6.45. The number of amides is 3. The monoisotopic (exact) mass is 473 g/mol. The molecule has 3 heterocycles. The van der Waals surface area contributed by atoms with Crippen molar-refractivity contribution in [2.24, 2.45) is 17.8 Å². The van der Waals surface area contributed by atoms with E-state index >= 15 is 0 Å². The van der Waals surface area contributed by atoms with Crippen LogP contribution in [0.15, 0.2) is 30.3 Å². The molecule has 1 spiro atoms. The zero-order valence-electron chi connectivity index (χ0n) is 19.6. The van der Waals surface area contributed by atoms with Crippen LogP contribution in [0, 0.1) is 17.8 Å². The molecule has 4 rings (SSSR count). The largest absolute Gasteiger partial charge is 0.394 e. The maximum Gasteiger partial charge on any atom is 0.244 e. The van der Waals surface area contributed by atoms with Gasteiger partial charge in [-0.1, -0.05) is 45.4 Å². The van der Waals surface area contributed by atoms with Gasteiger partial charge >= 0.3 is 0 Å². The van der Waals surface area contributed by atoms with E-state index in [2.05, 4.69) is 24.5 Å². The van der Waals surface area contributed by atoms with E-state index in [0.717, 1.165) is 19.3 Å². The fraction of sp³-hybridized carbons (Fsp3) is 0.640. The lowest BCUT2D eigenvalue weighted by Crippen LogP contribution is -2.58. The van der Waals surface area contributed by atoms with Crippen LogP contribution in [0.1, 0.15) is 46.5 Å². The van der Waals surface area contributed by atoms with Crippen molar-refractivity contribution in [2.75, 3.05) is 18.5 Å². The molecule has 1 aromatic rings. The van der Waals surface area contributed by atoms with E-state index in [1.807, 2.05) is 37.3 Å². The van der Waals surface area contributed by atoms with E-state index in [-0.39, 0.29) is 35.5 Å². The molecule has 8 heteroatoms. The summed E-state index contributed by atoms with van der Waals surface area (Å²) >= 11 is 1.66. The molecular weight excluding hydrogens is 438 g/mol. The summed E-state index contributed by atoms with van der Waals surface area (Å²) in [6.07, 6.45) is 3.18. The van der Waals surface area contributed by atoms with Crippen molar-refractivity contribution in [2.45, 2.75) is 68.5 Å². The van der Waals surface area contributed by atoms with Gasteiger partial charge in [0.15, 0.2) is 0 Å². The SMILES string of the molecule is CCCCNC(=O)C1N([C@@H](CC)CO)C(=O)[C@@H]2[C@H](C(=O)Nc3ccccc3)[C@@H]3CC(C)C12S3. The number of aliphatic hydroxyl groups is 1. The van der Waals surface area contributed by atoms with E-state index in [1.54, 1.807) is 16.7 Å². The number of fused-ring (bicyclic) bond motifs is 1. The predicted molar refractivity (Wildman–Crippen MR) is 130 cm³/mol. The van der Waals surface area contributed by atoms with Crippen LogP contribution in [0.4, 0.5) is 5.69 Å². The number of carbonyl (C=O) groups excluding carboxylic acids is 3. The Hall–Kier alpha value is -2.06. The third kappa shape index (κ3) is 3.85. The van der Waals surface area contributed by atoms with Crippen molar-refractivity contribution in [1.82, 2.24) is 10.2 Å². The van der Waals surface area contributed by atoms with Gasteiger partial charge in [0.25, 0.3) is 0 Å². The van der Waals surface area contributed by atoms with Gasteiger partial charge in [-0.15, -0.1) is 11.8 Å². The molecule has 0 saturated carbocycles. The molecule has 0 aromatic heterocycles. The number of thioether (sulfide) groups is 1. The summed E-state index contributed by atoms with van der Waals surface area (Å²) < 4.78 is -0.653. The summed E-state index contributed by atoms with van der Waals surface area (Å²) in [7, 11) is 0. The molecule has 1 aromatic carbocycles. The highest BCUT2D eigenvalue weighted by Gasteiger charge is 2.76. The first-order valence-electron chi connectivity index (χ1n) is 12.1. The molecule has 7 nitrogen and oxygen atoms in total. The number of anilines is 1. The number of nitrogens with one attached hydrogen (secondary N) is 2. The number of likely N-dealkylation sites (tertiary alicyclic amines) is 1. The first-order chi connectivity index (χ1) is 15.9. The van der Waals surface area contributed by atoms with Gasteiger partial charge in [-0.2, -0.15) is 0 Å². The molecule has 3 fully saturated rings. The van der Waals surface area contributed by atoms with Crippen molar-refractivity contribution in [1.29, 1.82) is 0 Å². The fourth-order valence-corrected chi connectivity index (χ4v) is 8.51. The van der Waals surface area contributed by atoms with Gasteiger partial charge in [-0.05, 0) is 37.3 Å². The van der Waals surface area contributed by atoms with Crippen LogP contribution in [0.3, 0.4) is 0 Å². The number of benzene rings is 1. The molecule has 33 heavy (non-hydrogen) atoms. The maximum atomic E-state index is 13.9. The van der Waals surface area contributed by atoms with Gasteiger partial charge in [0.05, 0.1) is 29.2 Å². The second kappa shape index (κ2) is 9.66. The Morgan fingerprint density at radius 2 is 1.97 bits per heavy atom. The molecule has 3 N–H and O–H groups in total. The van der Waals surface area contributed by atoms with Crippen LogP contribution in [-0.4, -0.2) is 63.0 Å². The number of carbonyl (C=O) groups is 3. The van der Waals surface area contributed by atoms with Crippen LogP contribution in [0.25, 0.3) is 0 Å². The normalized spacial score (nSPS) is 33.2. The highest BCUT2D eigenvalue weighted by molar-refractivity contribution is 8.02. The summed E-state index contributed by atoms with van der Waals surface area (Å²) in [4.78, 5) is 42.6. The Bertz CT molecular complexity index is 893. The molecule has 3 amide bonds. The van der Waals surface area contributed by atoms with Crippen LogP contribution in [0.2, 0.25) is 0 Å². The first-order valence-corrected chi connectivity index (χ1v) is 13.0. The highest BCUT2D eigenvalue weighted by atomic mass is 32.2. The number of para-hydroxylation sites is 1.